The number of aryl methyl sites for hydroxylation is 1. The van der Waals surface area contributed by atoms with E-state index >= 15 is 0 Å². The van der Waals surface area contributed by atoms with Gasteiger partial charge in [0.2, 0.25) is 0 Å². The molecule has 1 saturated heterocycles. The molecule has 1 aliphatic rings. The monoisotopic (exact) mass is 430 g/mol. The first-order chi connectivity index (χ1) is 14.4. The molecule has 0 saturated carbocycles. The number of thioether (sulfide) groups is 1. The molecule has 4 rings (SSSR count). The minimum atomic E-state index is -2.71. The van der Waals surface area contributed by atoms with E-state index in [2.05, 4.69) is 15.3 Å². The van der Waals surface area contributed by atoms with Crippen molar-refractivity contribution in [1.82, 2.24) is 14.9 Å². The number of carbonyl (C=O) groups excluding carboxylic acids is 2. The number of fused-ring (bicyclic) bond motifs is 1. The summed E-state index contributed by atoms with van der Waals surface area (Å²) in [7, 11) is 0. The predicted molar refractivity (Wildman–Crippen MR) is 113 cm³/mol. The Labute approximate surface area is 176 Å². The molecule has 0 aliphatic carbocycles. The maximum Gasteiger partial charge on any atom is 0.295 e. The Morgan fingerprint density at radius 3 is 2.57 bits per heavy atom. The molecule has 0 bridgehead atoms. The molecular weight excluding hydrogens is 410 g/mol. The quantitative estimate of drug-likeness (QED) is 0.649. The van der Waals surface area contributed by atoms with Crippen molar-refractivity contribution in [2.75, 3.05) is 29.9 Å². The number of anilines is 1. The molecule has 0 atom stereocenters. The zero-order chi connectivity index (χ0) is 21.3. The molecule has 9 heteroatoms. The summed E-state index contributed by atoms with van der Waals surface area (Å²) >= 11 is 1.84. The Morgan fingerprint density at radius 1 is 1.13 bits per heavy atom. The van der Waals surface area contributed by atoms with E-state index in [-0.39, 0.29) is 11.8 Å². The molecule has 0 radical (unpaired) electrons. The predicted octanol–water partition coefficient (Wildman–Crippen LogP) is 4.25. The number of hydrogen-bond donors (Lipinski definition) is 2. The third kappa shape index (κ3) is 4.16. The average Bonchev–Trinajstić information content (AvgIpc) is 3.19. The molecule has 6 nitrogen and oxygen atoms in total. The van der Waals surface area contributed by atoms with Crippen LogP contribution in [0, 0.1) is 6.92 Å². The lowest BCUT2D eigenvalue weighted by molar-refractivity contribution is 0.0772. The van der Waals surface area contributed by atoms with Crippen LogP contribution in [-0.4, -0.2) is 51.3 Å². The van der Waals surface area contributed by atoms with E-state index in [0.717, 1.165) is 30.2 Å². The SMILES string of the molecule is Cc1cc(C(=O)N2CCSCC2)ccc1NC(=O)c1ccc2nc(C(F)F)[nH]c2c1. The molecule has 0 unspecified atom stereocenters. The normalized spacial score (nSPS) is 14.3. The number of amides is 2. The lowest BCUT2D eigenvalue weighted by Crippen LogP contribution is -2.37. The standard InChI is InChI=1S/C21H20F2N4O2S/c1-12-10-14(21(29)27-6-8-30-9-7-27)3-4-15(12)26-20(28)13-2-5-16-17(11-13)25-19(24-16)18(22)23/h2-5,10-11,18H,6-9H2,1H3,(H,24,25)(H,26,28). The molecule has 2 amide bonds. The van der Waals surface area contributed by atoms with Crippen LogP contribution in [-0.2, 0) is 0 Å². The zero-order valence-corrected chi connectivity index (χ0v) is 17.1. The van der Waals surface area contributed by atoms with Gasteiger partial charge >= 0.3 is 0 Å². The number of aromatic nitrogens is 2. The summed E-state index contributed by atoms with van der Waals surface area (Å²) in [4.78, 5) is 33.5. The topological polar surface area (TPSA) is 78.1 Å². The zero-order valence-electron chi connectivity index (χ0n) is 16.2. The lowest BCUT2D eigenvalue weighted by Gasteiger charge is -2.26. The van der Waals surface area contributed by atoms with Crippen LogP contribution in [0.25, 0.3) is 11.0 Å². The van der Waals surface area contributed by atoms with Gasteiger partial charge in [-0.1, -0.05) is 0 Å². The second-order valence-electron chi connectivity index (χ2n) is 7.04. The minimum absolute atomic E-state index is 0.00388. The Bertz CT molecular complexity index is 1110. The first-order valence-electron chi connectivity index (χ1n) is 9.49. The van der Waals surface area contributed by atoms with E-state index in [0.29, 0.717) is 27.8 Å². The minimum Gasteiger partial charge on any atom is -0.337 e. The van der Waals surface area contributed by atoms with Gasteiger partial charge in [-0.05, 0) is 48.9 Å². The lowest BCUT2D eigenvalue weighted by atomic mass is 10.1. The Kier molecular flexibility index (Phi) is 5.72. The third-order valence-corrected chi connectivity index (χ3v) is 5.93. The molecule has 30 heavy (non-hydrogen) atoms. The van der Waals surface area contributed by atoms with Crippen molar-refractivity contribution in [1.29, 1.82) is 0 Å². The number of nitrogens with one attached hydrogen (secondary N) is 2. The second kappa shape index (κ2) is 8.43. The van der Waals surface area contributed by atoms with Gasteiger partial charge in [0, 0.05) is 41.4 Å². The van der Waals surface area contributed by atoms with Crippen molar-refractivity contribution in [3.05, 3.63) is 58.9 Å². The number of aromatic amines is 1. The number of imidazole rings is 1. The number of rotatable bonds is 4. The largest absolute Gasteiger partial charge is 0.337 e. The van der Waals surface area contributed by atoms with Crippen LogP contribution in [0.2, 0.25) is 0 Å². The Hall–Kier alpha value is -2.94. The summed E-state index contributed by atoms with van der Waals surface area (Å²) in [5.74, 6) is 1.08. The fourth-order valence-corrected chi connectivity index (χ4v) is 4.26. The molecule has 156 valence electrons. The van der Waals surface area contributed by atoms with Crippen LogP contribution in [0.5, 0.6) is 0 Å². The molecular formula is C21H20F2N4O2S. The van der Waals surface area contributed by atoms with Gasteiger partial charge in [0.25, 0.3) is 18.2 Å². The Balaban J connectivity index is 1.50. The number of hydrogen-bond acceptors (Lipinski definition) is 4. The average molecular weight is 430 g/mol. The highest BCUT2D eigenvalue weighted by Crippen LogP contribution is 2.23. The van der Waals surface area contributed by atoms with E-state index in [9.17, 15) is 18.4 Å². The summed E-state index contributed by atoms with van der Waals surface area (Å²) < 4.78 is 25.6. The molecule has 1 fully saturated rings. The smallest absolute Gasteiger partial charge is 0.295 e. The highest BCUT2D eigenvalue weighted by molar-refractivity contribution is 7.99. The maximum absolute atomic E-state index is 12.8. The van der Waals surface area contributed by atoms with E-state index in [1.54, 1.807) is 18.2 Å². The van der Waals surface area contributed by atoms with Crippen LogP contribution in [0.4, 0.5) is 14.5 Å². The van der Waals surface area contributed by atoms with Crippen molar-refractivity contribution >= 4 is 40.3 Å². The molecule has 3 aromatic rings. The molecule has 2 N–H and O–H groups in total. The first kappa shape index (κ1) is 20.3. The number of alkyl halides is 2. The molecule has 1 aliphatic heterocycles. The van der Waals surface area contributed by atoms with Crippen LogP contribution in [0.1, 0.15) is 38.5 Å². The number of carbonyl (C=O) groups is 2. The van der Waals surface area contributed by atoms with Crippen LogP contribution in [0.15, 0.2) is 36.4 Å². The summed E-state index contributed by atoms with van der Waals surface area (Å²) in [5, 5.41) is 2.82. The van der Waals surface area contributed by atoms with Crippen molar-refractivity contribution < 1.29 is 18.4 Å². The van der Waals surface area contributed by atoms with Crippen molar-refractivity contribution in [3.63, 3.8) is 0 Å². The molecule has 0 spiro atoms. The van der Waals surface area contributed by atoms with E-state index in [1.807, 2.05) is 23.6 Å². The molecule has 2 aromatic carbocycles. The summed E-state index contributed by atoms with van der Waals surface area (Å²) in [6, 6.07) is 9.74. The number of nitrogens with zero attached hydrogens (tertiary/aromatic N) is 2. The van der Waals surface area contributed by atoms with Crippen molar-refractivity contribution in [3.8, 4) is 0 Å². The van der Waals surface area contributed by atoms with Crippen LogP contribution < -0.4 is 5.32 Å². The summed E-state index contributed by atoms with van der Waals surface area (Å²) in [6.45, 7) is 3.31. The molecule has 1 aromatic heterocycles. The van der Waals surface area contributed by atoms with Crippen LogP contribution in [0.3, 0.4) is 0 Å². The van der Waals surface area contributed by atoms with E-state index in [4.69, 9.17) is 0 Å². The fourth-order valence-electron chi connectivity index (χ4n) is 3.35. The van der Waals surface area contributed by atoms with Gasteiger partial charge in [0.05, 0.1) is 11.0 Å². The van der Waals surface area contributed by atoms with Crippen molar-refractivity contribution in [2.24, 2.45) is 0 Å². The van der Waals surface area contributed by atoms with Gasteiger partial charge in [-0.2, -0.15) is 11.8 Å². The van der Waals surface area contributed by atoms with Crippen molar-refractivity contribution in [2.45, 2.75) is 13.3 Å². The fraction of sp³-hybridized carbons (Fsp3) is 0.286. The van der Waals surface area contributed by atoms with Gasteiger partial charge in [0.1, 0.15) is 0 Å². The van der Waals surface area contributed by atoms with E-state index < -0.39 is 12.2 Å². The van der Waals surface area contributed by atoms with Gasteiger partial charge in [-0.3, -0.25) is 9.59 Å². The number of benzene rings is 2. The second-order valence-corrected chi connectivity index (χ2v) is 8.27. The first-order valence-corrected chi connectivity index (χ1v) is 10.6. The number of halogens is 2. The highest BCUT2D eigenvalue weighted by Gasteiger charge is 2.19. The van der Waals surface area contributed by atoms with Gasteiger partial charge in [-0.15, -0.1) is 0 Å². The highest BCUT2D eigenvalue weighted by atomic mass is 32.2. The van der Waals surface area contributed by atoms with Gasteiger partial charge in [0.15, 0.2) is 5.82 Å². The third-order valence-electron chi connectivity index (χ3n) is 4.99. The van der Waals surface area contributed by atoms with Gasteiger partial charge < -0.3 is 15.2 Å². The summed E-state index contributed by atoms with van der Waals surface area (Å²) in [6.07, 6.45) is -2.71. The Morgan fingerprint density at radius 2 is 1.87 bits per heavy atom. The molecule has 2 heterocycles. The van der Waals surface area contributed by atoms with E-state index in [1.165, 1.54) is 18.2 Å². The maximum atomic E-state index is 12.8. The number of H-pyrrole nitrogens is 1. The summed E-state index contributed by atoms with van der Waals surface area (Å²) in [5.41, 5.74) is 3.01. The van der Waals surface area contributed by atoms with Gasteiger partial charge in [-0.25, -0.2) is 13.8 Å². The van der Waals surface area contributed by atoms with Crippen LogP contribution >= 0.6 is 11.8 Å².